The van der Waals surface area contributed by atoms with E-state index in [1.807, 2.05) is 32.0 Å². The molecule has 1 aromatic carbocycles. The van der Waals surface area contributed by atoms with Crippen molar-refractivity contribution in [1.82, 2.24) is 10.2 Å². The maximum Gasteiger partial charge on any atom is 0.250 e. The fraction of sp³-hybridized carbons (Fsp3) is 0.389. The lowest BCUT2D eigenvalue weighted by molar-refractivity contribution is -0.111. The largest absolute Gasteiger partial charge is 0.493 e. The Morgan fingerprint density at radius 3 is 2.80 bits per heavy atom. The molecule has 0 spiro atoms. The second kappa shape index (κ2) is 7.65. The maximum absolute atomic E-state index is 12.0. The second-order valence-electron chi connectivity index (χ2n) is 6.12. The zero-order chi connectivity index (χ0) is 17.8. The maximum atomic E-state index is 12.0. The Morgan fingerprint density at radius 1 is 1.32 bits per heavy atom. The molecule has 1 aliphatic carbocycles. The number of carbonyl (C=O) groups excluding carboxylic acids is 1. The van der Waals surface area contributed by atoms with Crippen LogP contribution in [0.1, 0.15) is 43.2 Å². The van der Waals surface area contributed by atoms with Crippen molar-refractivity contribution in [2.24, 2.45) is 0 Å². The molecule has 1 N–H and O–H groups in total. The summed E-state index contributed by atoms with van der Waals surface area (Å²) >= 11 is 1.44. The molecule has 1 aromatic heterocycles. The first-order valence-electron chi connectivity index (χ1n) is 8.22. The number of nitrogens with zero attached hydrogens (tertiary/aromatic N) is 2. The van der Waals surface area contributed by atoms with Crippen molar-refractivity contribution in [1.29, 1.82) is 0 Å². The molecule has 1 fully saturated rings. The number of rotatable bonds is 7. The number of anilines is 1. The highest BCUT2D eigenvalue weighted by atomic mass is 32.1. The molecule has 0 bridgehead atoms. The number of nitrogens with one attached hydrogen (secondary N) is 1. The van der Waals surface area contributed by atoms with Crippen molar-refractivity contribution in [2.45, 2.75) is 38.7 Å². The van der Waals surface area contributed by atoms with E-state index in [1.54, 1.807) is 13.2 Å². The minimum absolute atomic E-state index is 0.0634. The Balaban J connectivity index is 1.62. The number of hydrogen-bond acceptors (Lipinski definition) is 6. The predicted octanol–water partition coefficient (Wildman–Crippen LogP) is 3.86. The highest BCUT2D eigenvalue weighted by Crippen LogP contribution is 2.42. The molecule has 3 rings (SSSR count). The molecule has 1 heterocycles. The third kappa shape index (κ3) is 4.79. The summed E-state index contributed by atoms with van der Waals surface area (Å²) in [5.41, 5.74) is 0.846. The third-order valence-corrected chi connectivity index (χ3v) is 4.58. The summed E-state index contributed by atoms with van der Waals surface area (Å²) in [4.78, 5) is 12.0. The van der Waals surface area contributed by atoms with Crippen molar-refractivity contribution < 1.29 is 14.3 Å². The molecular formula is C18H21N3O3S. The van der Waals surface area contributed by atoms with Crippen molar-refractivity contribution >= 4 is 28.5 Å². The first kappa shape index (κ1) is 17.4. The van der Waals surface area contributed by atoms with Crippen LogP contribution in [0.5, 0.6) is 11.5 Å². The van der Waals surface area contributed by atoms with E-state index in [1.165, 1.54) is 30.3 Å². The van der Waals surface area contributed by atoms with Crippen LogP contribution in [0.3, 0.4) is 0 Å². The smallest absolute Gasteiger partial charge is 0.250 e. The van der Waals surface area contributed by atoms with Gasteiger partial charge in [-0.25, -0.2) is 0 Å². The molecule has 7 heteroatoms. The lowest BCUT2D eigenvalue weighted by Gasteiger charge is -2.13. The van der Waals surface area contributed by atoms with E-state index in [4.69, 9.17) is 9.47 Å². The van der Waals surface area contributed by atoms with E-state index in [0.29, 0.717) is 22.5 Å². The molecule has 0 unspecified atom stereocenters. The quantitative estimate of drug-likeness (QED) is 0.760. The zero-order valence-electron chi connectivity index (χ0n) is 14.5. The Hall–Kier alpha value is -2.41. The van der Waals surface area contributed by atoms with Crippen molar-refractivity contribution in [3.8, 4) is 11.5 Å². The van der Waals surface area contributed by atoms with E-state index in [-0.39, 0.29) is 12.0 Å². The van der Waals surface area contributed by atoms with Crippen molar-refractivity contribution in [2.75, 3.05) is 12.4 Å². The van der Waals surface area contributed by atoms with Crippen LogP contribution in [0, 0.1) is 0 Å². The summed E-state index contributed by atoms with van der Waals surface area (Å²) in [7, 11) is 1.59. The average Bonchev–Trinajstić information content (AvgIpc) is 3.33. The molecule has 0 aliphatic heterocycles. The molecule has 1 saturated carbocycles. The molecule has 1 amide bonds. The second-order valence-corrected chi connectivity index (χ2v) is 7.13. The summed E-state index contributed by atoms with van der Waals surface area (Å²) in [5.74, 6) is 1.62. The van der Waals surface area contributed by atoms with Gasteiger partial charge in [0.1, 0.15) is 5.01 Å². The Labute approximate surface area is 150 Å². The highest BCUT2D eigenvalue weighted by Gasteiger charge is 2.27. The molecule has 132 valence electrons. The number of benzene rings is 1. The van der Waals surface area contributed by atoms with Gasteiger partial charge in [-0.15, -0.1) is 10.2 Å². The fourth-order valence-electron chi connectivity index (χ4n) is 2.24. The van der Waals surface area contributed by atoms with Crippen LogP contribution >= 0.6 is 11.3 Å². The summed E-state index contributed by atoms with van der Waals surface area (Å²) in [5, 5.41) is 12.4. The first-order valence-corrected chi connectivity index (χ1v) is 9.04. The van der Waals surface area contributed by atoms with Gasteiger partial charge < -0.3 is 9.47 Å². The SMILES string of the molecule is COc1cc(C=CC(=O)Nc2nnc(C3CC3)s2)ccc1OC(C)C. The first-order chi connectivity index (χ1) is 12.0. The summed E-state index contributed by atoms with van der Waals surface area (Å²) < 4.78 is 11.0. The van der Waals surface area contributed by atoms with Gasteiger partial charge >= 0.3 is 0 Å². The molecule has 1 aliphatic rings. The van der Waals surface area contributed by atoms with E-state index in [0.717, 1.165) is 10.6 Å². The van der Waals surface area contributed by atoms with Gasteiger partial charge in [-0.1, -0.05) is 17.4 Å². The Kier molecular flexibility index (Phi) is 5.33. The van der Waals surface area contributed by atoms with Gasteiger partial charge in [-0.3, -0.25) is 10.1 Å². The minimum Gasteiger partial charge on any atom is -0.493 e. The zero-order valence-corrected chi connectivity index (χ0v) is 15.3. The monoisotopic (exact) mass is 359 g/mol. The minimum atomic E-state index is -0.236. The summed E-state index contributed by atoms with van der Waals surface area (Å²) in [6.07, 6.45) is 5.59. The molecular weight excluding hydrogens is 338 g/mol. The van der Waals surface area contributed by atoms with Gasteiger partial charge in [-0.2, -0.15) is 0 Å². The highest BCUT2D eigenvalue weighted by molar-refractivity contribution is 7.15. The summed E-state index contributed by atoms with van der Waals surface area (Å²) in [6.45, 7) is 3.92. The molecule has 6 nitrogen and oxygen atoms in total. The Bertz CT molecular complexity index is 782. The normalized spacial score (nSPS) is 14.1. The molecule has 0 atom stereocenters. The van der Waals surface area contributed by atoms with Gasteiger partial charge in [0.15, 0.2) is 11.5 Å². The van der Waals surface area contributed by atoms with Gasteiger partial charge in [0.25, 0.3) is 0 Å². The average molecular weight is 359 g/mol. The van der Waals surface area contributed by atoms with Gasteiger partial charge in [0.2, 0.25) is 11.0 Å². The van der Waals surface area contributed by atoms with Crippen LogP contribution in [0.15, 0.2) is 24.3 Å². The molecule has 2 aromatic rings. The summed E-state index contributed by atoms with van der Waals surface area (Å²) in [6, 6.07) is 5.54. The van der Waals surface area contributed by atoms with Gasteiger partial charge in [-0.05, 0) is 50.5 Å². The lowest BCUT2D eigenvalue weighted by atomic mass is 10.2. The number of carbonyl (C=O) groups is 1. The van der Waals surface area contributed by atoms with E-state index >= 15 is 0 Å². The number of hydrogen-bond donors (Lipinski definition) is 1. The van der Waals surface area contributed by atoms with Crippen molar-refractivity contribution in [3.05, 3.63) is 34.8 Å². The Morgan fingerprint density at radius 2 is 2.12 bits per heavy atom. The van der Waals surface area contributed by atoms with Crippen molar-refractivity contribution in [3.63, 3.8) is 0 Å². The van der Waals surface area contributed by atoms with Crippen LogP contribution in [0.4, 0.5) is 5.13 Å². The van der Waals surface area contributed by atoms with Crippen LogP contribution in [0.2, 0.25) is 0 Å². The van der Waals surface area contributed by atoms with Crippen LogP contribution < -0.4 is 14.8 Å². The van der Waals surface area contributed by atoms with Crippen LogP contribution in [-0.2, 0) is 4.79 Å². The number of amides is 1. The van der Waals surface area contributed by atoms with Gasteiger partial charge in [0, 0.05) is 12.0 Å². The third-order valence-electron chi connectivity index (χ3n) is 3.57. The number of ether oxygens (including phenoxy) is 2. The van der Waals surface area contributed by atoms with Gasteiger partial charge in [0.05, 0.1) is 13.2 Å². The van der Waals surface area contributed by atoms with E-state index in [9.17, 15) is 4.79 Å². The van der Waals surface area contributed by atoms with Crippen LogP contribution in [-0.4, -0.2) is 29.3 Å². The predicted molar refractivity (Wildman–Crippen MR) is 98.3 cm³/mol. The molecule has 0 saturated heterocycles. The fourth-order valence-corrected chi connectivity index (χ4v) is 3.15. The number of aromatic nitrogens is 2. The molecule has 0 radical (unpaired) electrons. The lowest BCUT2D eigenvalue weighted by Crippen LogP contribution is -2.07. The van der Waals surface area contributed by atoms with Crippen LogP contribution in [0.25, 0.3) is 6.08 Å². The molecule has 25 heavy (non-hydrogen) atoms. The number of methoxy groups -OCH3 is 1. The van der Waals surface area contributed by atoms with E-state index < -0.39 is 0 Å². The van der Waals surface area contributed by atoms with E-state index in [2.05, 4.69) is 15.5 Å². The topological polar surface area (TPSA) is 73.3 Å². The standard InChI is InChI=1S/C18H21N3O3S/c1-11(2)24-14-8-4-12(10-15(14)23-3)5-9-16(22)19-18-21-20-17(25-18)13-6-7-13/h4-5,8-11,13H,6-7H2,1-3H3,(H,19,21,22).